The van der Waals surface area contributed by atoms with Crippen molar-refractivity contribution in [3.63, 3.8) is 0 Å². The molecule has 0 fully saturated rings. The van der Waals surface area contributed by atoms with Gasteiger partial charge in [-0.05, 0) is 80.9 Å². The molecule has 10 nitrogen and oxygen atoms in total. The molecule has 0 bridgehead atoms. The van der Waals surface area contributed by atoms with Crippen LogP contribution in [-0.2, 0) is 9.59 Å². The normalized spacial score (nSPS) is 11.4. The average Bonchev–Trinajstić information content (AvgIpc) is 2.91. The van der Waals surface area contributed by atoms with E-state index in [1.807, 2.05) is 20.8 Å². The fourth-order valence-corrected chi connectivity index (χ4v) is 3.31. The van der Waals surface area contributed by atoms with Crippen LogP contribution in [0.1, 0.15) is 37.9 Å². The van der Waals surface area contributed by atoms with Gasteiger partial charge in [0.1, 0.15) is 17.7 Å². The first kappa shape index (κ1) is 33.2. The molecule has 0 spiro atoms. The van der Waals surface area contributed by atoms with Crippen LogP contribution in [0.25, 0.3) is 0 Å². The molecule has 0 radical (unpaired) electrons. The van der Waals surface area contributed by atoms with Crippen LogP contribution >= 0.6 is 0 Å². The molecule has 3 rings (SSSR count). The molecule has 14 heteroatoms. The molecular weight excluding hydrogens is 562 g/mol. The lowest BCUT2D eigenvalue weighted by Gasteiger charge is -2.22. The van der Waals surface area contributed by atoms with Gasteiger partial charge >= 0.3 is 12.1 Å². The van der Waals surface area contributed by atoms with Crippen LogP contribution in [-0.4, -0.2) is 41.7 Å². The number of amidine groups is 1. The summed E-state index contributed by atoms with van der Waals surface area (Å²) in [5.74, 6) is -2.55. The van der Waals surface area contributed by atoms with Crippen molar-refractivity contribution in [2.45, 2.75) is 39.1 Å². The summed E-state index contributed by atoms with van der Waals surface area (Å²) < 4.78 is 56.9. The number of nitrogens with one attached hydrogen (secondary N) is 4. The quantitative estimate of drug-likeness (QED) is 0.0764. The van der Waals surface area contributed by atoms with Crippen molar-refractivity contribution in [2.24, 2.45) is 5.73 Å². The molecule has 0 aromatic heterocycles. The summed E-state index contributed by atoms with van der Waals surface area (Å²) in [6.07, 6.45) is -5.13. The number of halogens is 4. The SMILES string of the molecule is CCOc1cc(C(Nc2ccc(C(=N)N)cc2)C(=O)NNc2cccc(F)c2)ccc1OC(C)C.O=C(O)C(F)(F)F. The molecule has 42 heavy (non-hydrogen) atoms. The van der Waals surface area contributed by atoms with Gasteiger partial charge < -0.3 is 25.6 Å². The Bertz CT molecular complexity index is 1370. The first-order valence-corrected chi connectivity index (χ1v) is 12.5. The van der Waals surface area contributed by atoms with Crippen LogP contribution in [0.2, 0.25) is 0 Å². The second-order valence-corrected chi connectivity index (χ2v) is 8.80. The van der Waals surface area contributed by atoms with E-state index in [9.17, 15) is 22.4 Å². The Morgan fingerprint density at radius 3 is 2.17 bits per heavy atom. The number of benzene rings is 3. The Kier molecular flexibility index (Phi) is 11.9. The standard InChI is InChI=1S/C26H30FN5O3.C2HF3O2/c1-4-34-23-14-18(10-13-22(23)35-16(2)3)24(30-20-11-8-17(9-12-20)25(28)29)26(33)32-31-21-7-5-6-19(27)15-21;3-2(4,5)1(6)7/h5-16,24,30-31H,4H2,1-3H3,(H3,28,29)(H,32,33);(H,6,7). The summed E-state index contributed by atoms with van der Waals surface area (Å²) >= 11 is 0. The van der Waals surface area contributed by atoms with Gasteiger partial charge in [-0.15, -0.1) is 0 Å². The summed E-state index contributed by atoms with van der Waals surface area (Å²) in [7, 11) is 0. The molecule has 0 aliphatic carbocycles. The van der Waals surface area contributed by atoms with E-state index < -0.39 is 29.9 Å². The number of hydrogen-bond donors (Lipinski definition) is 6. The Hall–Kier alpha value is -5.01. The first-order valence-electron chi connectivity index (χ1n) is 12.5. The number of carboxylic acid groups (broad SMARTS) is 1. The summed E-state index contributed by atoms with van der Waals surface area (Å²) in [6, 6.07) is 17.1. The number of carbonyl (C=O) groups excluding carboxylic acids is 1. The summed E-state index contributed by atoms with van der Waals surface area (Å²) in [4.78, 5) is 22.2. The fraction of sp³-hybridized carbons (Fsp3) is 0.250. The highest BCUT2D eigenvalue weighted by Gasteiger charge is 2.38. The first-order chi connectivity index (χ1) is 19.7. The van der Waals surface area contributed by atoms with Crippen LogP contribution in [0.15, 0.2) is 66.7 Å². The van der Waals surface area contributed by atoms with Gasteiger partial charge in [-0.25, -0.2) is 9.18 Å². The number of rotatable bonds is 11. The zero-order valence-electron chi connectivity index (χ0n) is 22.9. The van der Waals surface area contributed by atoms with Gasteiger partial charge in [0.05, 0.1) is 18.4 Å². The van der Waals surface area contributed by atoms with E-state index >= 15 is 0 Å². The van der Waals surface area contributed by atoms with Gasteiger partial charge in [-0.2, -0.15) is 13.2 Å². The van der Waals surface area contributed by atoms with E-state index in [0.29, 0.717) is 40.6 Å². The van der Waals surface area contributed by atoms with Crippen molar-refractivity contribution in [3.05, 3.63) is 83.7 Å². The highest BCUT2D eigenvalue weighted by Crippen LogP contribution is 2.33. The highest BCUT2D eigenvalue weighted by atomic mass is 19.4. The van der Waals surface area contributed by atoms with Gasteiger partial charge in [0, 0.05) is 11.3 Å². The molecule has 3 aromatic carbocycles. The number of hydrogen-bond acceptors (Lipinski definition) is 7. The average molecular weight is 594 g/mol. The molecule has 0 heterocycles. The van der Waals surface area contributed by atoms with Crippen molar-refractivity contribution in [2.75, 3.05) is 17.3 Å². The van der Waals surface area contributed by atoms with Gasteiger partial charge in [0.25, 0.3) is 5.91 Å². The maximum Gasteiger partial charge on any atom is 0.490 e. The second-order valence-electron chi connectivity index (χ2n) is 8.80. The second kappa shape index (κ2) is 15.1. The number of alkyl halides is 3. The number of carbonyl (C=O) groups is 2. The summed E-state index contributed by atoms with van der Waals surface area (Å²) in [5.41, 5.74) is 13.1. The third kappa shape index (κ3) is 10.5. The van der Waals surface area contributed by atoms with Crippen LogP contribution in [0.5, 0.6) is 11.5 Å². The zero-order valence-corrected chi connectivity index (χ0v) is 22.9. The number of anilines is 2. The number of nitrogen functional groups attached to an aromatic ring is 1. The zero-order chi connectivity index (χ0) is 31.4. The fourth-order valence-electron chi connectivity index (χ4n) is 3.31. The van der Waals surface area contributed by atoms with Crippen LogP contribution in [0.4, 0.5) is 28.9 Å². The van der Waals surface area contributed by atoms with Crippen molar-refractivity contribution < 1.29 is 41.7 Å². The lowest BCUT2D eigenvalue weighted by Crippen LogP contribution is -2.37. The van der Waals surface area contributed by atoms with E-state index in [0.717, 1.165) is 0 Å². The predicted molar refractivity (Wildman–Crippen MR) is 149 cm³/mol. The minimum Gasteiger partial charge on any atom is -0.490 e. The third-order valence-electron chi connectivity index (χ3n) is 5.13. The molecule has 3 aromatic rings. The van der Waals surface area contributed by atoms with E-state index in [-0.39, 0.29) is 11.9 Å². The largest absolute Gasteiger partial charge is 0.490 e. The van der Waals surface area contributed by atoms with Crippen LogP contribution in [0, 0.1) is 11.2 Å². The minimum atomic E-state index is -5.08. The molecule has 1 amide bonds. The van der Waals surface area contributed by atoms with E-state index in [4.69, 9.17) is 30.5 Å². The van der Waals surface area contributed by atoms with Crippen LogP contribution in [0.3, 0.4) is 0 Å². The Morgan fingerprint density at radius 2 is 1.64 bits per heavy atom. The van der Waals surface area contributed by atoms with Gasteiger partial charge in [0.2, 0.25) is 0 Å². The molecule has 1 atom stereocenters. The van der Waals surface area contributed by atoms with Crippen molar-refractivity contribution in [1.29, 1.82) is 5.41 Å². The highest BCUT2D eigenvalue weighted by molar-refractivity contribution is 5.95. The lowest BCUT2D eigenvalue weighted by molar-refractivity contribution is -0.192. The number of hydrazine groups is 1. The van der Waals surface area contributed by atoms with Crippen molar-refractivity contribution >= 4 is 29.1 Å². The molecule has 0 aliphatic heterocycles. The Balaban J connectivity index is 0.000000782. The smallest absolute Gasteiger partial charge is 0.490 e. The monoisotopic (exact) mass is 593 g/mol. The van der Waals surface area contributed by atoms with E-state index in [1.54, 1.807) is 48.5 Å². The molecule has 226 valence electrons. The van der Waals surface area contributed by atoms with E-state index in [1.165, 1.54) is 18.2 Å². The maximum atomic E-state index is 13.5. The molecule has 0 aliphatic rings. The minimum absolute atomic E-state index is 0.0486. The molecule has 7 N–H and O–H groups in total. The lowest BCUT2D eigenvalue weighted by atomic mass is 10.0. The predicted octanol–water partition coefficient (Wildman–Crippen LogP) is 5.23. The Labute approximate surface area is 239 Å². The van der Waals surface area contributed by atoms with Gasteiger partial charge in [0.15, 0.2) is 11.5 Å². The van der Waals surface area contributed by atoms with Gasteiger partial charge in [-0.1, -0.05) is 12.1 Å². The summed E-state index contributed by atoms with van der Waals surface area (Å²) in [5, 5.41) is 17.9. The number of nitrogens with two attached hydrogens (primary N) is 1. The van der Waals surface area contributed by atoms with Gasteiger partial charge in [-0.3, -0.25) is 21.1 Å². The number of carboxylic acids is 1. The molecule has 0 saturated carbocycles. The molecular formula is C28H31F4N5O5. The van der Waals surface area contributed by atoms with Crippen LogP contribution < -0.4 is 31.4 Å². The topological polar surface area (TPSA) is 159 Å². The number of aliphatic carboxylic acids is 1. The van der Waals surface area contributed by atoms with E-state index in [2.05, 4.69) is 16.2 Å². The number of amides is 1. The maximum absolute atomic E-state index is 13.5. The number of ether oxygens (including phenoxy) is 2. The third-order valence-corrected chi connectivity index (χ3v) is 5.13. The molecule has 0 saturated heterocycles. The molecule has 1 unspecified atom stereocenters. The van der Waals surface area contributed by atoms with Crippen molar-refractivity contribution in [1.82, 2.24) is 5.43 Å². The Morgan fingerprint density at radius 1 is 1.00 bits per heavy atom. The van der Waals surface area contributed by atoms with Crippen molar-refractivity contribution in [3.8, 4) is 11.5 Å². The summed E-state index contributed by atoms with van der Waals surface area (Å²) in [6.45, 7) is 6.14.